The lowest BCUT2D eigenvalue weighted by Gasteiger charge is -2.38. The van der Waals surface area contributed by atoms with E-state index >= 15 is 0 Å². The Balaban J connectivity index is 2.70. The Hall–Kier alpha value is -1.96. The Morgan fingerprint density at radius 1 is 0.613 bits per heavy atom. The van der Waals surface area contributed by atoms with Gasteiger partial charge in [0.25, 0.3) is 17.7 Å². The number of aliphatic hydroxyl groups is 10. The second-order valence-corrected chi connectivity index (χ2v) is 18.5. The molecule has 0 saturated heterocycles. The molecule has 1 aliphatic rings. The van der Waals surface area contributed by atoms with E-state index in [0.29, 0.717) is 0 Å². The van der Waals surface area contributed by atoms with Gasteiger partial charge in [0, 0.05) is 12.8 Å². The summed E-state index contributed by atoms with van der Waals surface area (Å²) in [5.74, 6) is -4.60. The molecule has 0 aliphatic heterocycles. The van der Waals surface area contributed by atoms with Crippen LogP contribution in [0.2, 0.25) is 0 Å². The van der Waals surface area contributed by atoms with Crippen LogP contribution in [0, 0.1) is 20.0 Å². The summed E-state index contributed by atoms with van der Waals surface area (Å²) in [6, 6.07) is -4.46. The number of benzene rings is 1. The molecule has 6 amide bonds. The Morgan fingerprint density at radius 3 is 1.42 bits per heavy atom. The first-order valence-electron chi connectivity index (χ1n) is 18.5. The normalized spacial score (nSPS) is 16.5. The fourth-order valence-corrected chi connectivity index (χ4v) is 12.5. The molecule has 0 radical (unpaired) electrons. The summed E-state index contributed by atoms with van der Waals surface area (Å²) >= 11 is 7.04. The number of rotatable bonds is 25. The molecule has 348 valence electrons. The van der Waals surface area contributed by atoms with Crippen molar-refractivity contribution in [3.63, 3.8) is 0 Å². The van der Waals surface area contributed by atoms with E-state index in [2.05, 4.69) is 21.3 Å². The fourth-order valence-electron chi connectivity index (χ4n) is 6.15. The summed E-state index contributed by atoms with van der Waals surface area (Å²) in [6.07, 6.45) is -3.24. The van der Waals surface area contributed by atoms with Crippen LogP contribution in [0.4, 0.5) is 5.69 Å². The summed E-state index contributed by atoms with van der Waals surface area (Å²) in [7, 11) is 0. The van der Waals surface area contributed by atoms with Crippen LogP contribution in [-0.4, -0.2) is 199 Å². The predicted octanol–water partition coefficient (Wildman–Crippen LogP) is -4.15. The zero-order valence-electron chi connectivity index (χ0n) is 33.2. The molecule has 0 spiro atoms. The zero-order chi connectivity index (χ0) is 47.2. The lowest BCUT2D eigenvalue weighted by molar-refractivity contribution is -0.125. The molecule has 0 heterocycles. The molecule has 1 aromatic rings. The van der Waals surface area contributed by atoms with Crippen molar-refractivity contribution in [2.24, 2.45) is 5.92 Å². The highest BCUT2D eigenvalue weighted by Gasteiger charge is 2.43. The van der Waals surface area contributed by atoms with Crippen molar-refractivity contribution < 1.29 is 79.8 Å². The summed E-state index contributed by atoms with van der Waals surface area (Å²) in [6.45, 7) is -3.78. The van der Waals surface area contributed by atoms with E-state index in [-0.39, 0.29) is 62.8 Å². The smallest absolute Gasteiger partial charge is 0.253 e. The molecule has 1 aliphatic carbocycles. The van der Waals surface area contributed by atoms with Crippen molar-refractivity contribution >= 4 is 132 Å². The molecular formula is C36H50I4N6O16. The van der Waals surface area contributed by atoms with Gasteiger partial charge in [0.1, 0.15) is 0 Å². The second-order valence-electron chi connectivity index (χ2n) is 13.8. The van der Waals surface area contributed by atoms with Gasteiger partial charge in [-0.15, -0.1) is 0 Å². The van der Waals surface area contributed by atoms with Gasteiger partial charge in [-0.05, 0) is 92.8 Å². The molecule has 0 bridgehead atoms. The first-order chi connectivity index (χ1) is 29.3. The molecule has 22 nitrogen and oxygen atoms in total. The van der Waals surface area contributed by atoms with E-state index in [1.165, 1.54) is 13.8 Å². The predicted molar refractivity (Wildman–Crippen MR) is 253 cm³/mol. The van der Waals surface area contributed by atoms with Gasteiger partial charge in [-0.2, -0.15) is 0 Å². The molecule has 0 saturated carbocycles. The number of hydrogen-bond acceptors (Lipinski definition) is 16. The van der Waals surface area contributed by atoms with Crippen molar-refractivity contribution in [3.8, 4) is 0 Å². The third-order valence-electron chi connectivity index (χ3n) is 9.56. The minimum atomic E-state index is -1.88. The standard InChI is InChI=1S/C36H50I4N6O16/c1-15-23(33(59)41-17(5-47)6-48)27(37)25(35(61)43-19(9-51)10-52)29(39)31(15)45(13-55)3-21(57)22(58)4-46(14-56)32-16(2)24(34(60)42-18(7-49)8-50)28(38)26(30(32)40)36(62)44-20(11-53)12-54/h13-14,17-22,25,29,47-54,57-58H,3-12H2,1-2H3,(H,41,59)(H,42,60)(H,43,61)(H,44,62). The highest BCUT2D eigenvalue weighted by molar-refractivity contribution is 14.1. The third kappa shape index (κ3) is 13.6. The number of carbonyl (C=O) groups is 6. The largest absolute Gasteiger partial charge is 0.394 e. The quantitative estimate of drug-likeness (QED) is 0.0251. The Bertz CT molecular complexity index is 1790. The molecule has 62 heavy (non-hydrogen) atoms. The highest BCUT2D eigenvalue weighted by Crippen LogP contribution is 2.44. The van der Waals surface area contributed by atoms with Crippen LogP contribution in [0.1, 0.15) is 33.2 Å². The molecule has 2 rings (SSSR count). The first kappa shape index (κ1) is 56.2. The molecule has 26 heteroatoms. The Kier molecular flexibility index (Phi) is 24.3. The molecule has 4 atom stereocenters. The minimum Gasteiger partial charge on any atom is -0.394 e. The summed E-state index contributed by atoms with van der Waals surface area (Å²) < 4.78 is -0.718. The Labute approximate surface area is 410 Å². The van der Waals surface area contributed by atoms with Gasteiger partial charge in [-0.1, -0.05) is 22.6 Å². The van der Waals surface area contributed by atoms with Crippen molar-refractivity contribution in [2.45, 2.75) is 54.1 Å². The van der Waals surface area contributed by atoms with Crippen LogP contribution in [-0.2, 0) is 19.2 Å². The topological polar surface area (TPSA) is 359 Å². The van der Waals surface area contributed by atoms with Gasteiger partial charge in [-0.3, -0.25) is 28.8 Å². The van der Waals surface area contributed by atoms with Gasteiger partial charge < -0.3 is 82.1 Å². The maximum absolute atomic E-state index is 13.7. The summed E-state index contributed by atoms with van der Waals surface area (Å²) in [5, 5.41) is 110. The van der Waals surface area contributed by atoms with Gasteiger partial charge in [0.15, 0.2) is 0 Å². The number of amides is 6. The van der Waals surface area contributed by atoms with Crippen molar-refractivity contribution in [3.05, 3.63) is 44.3 Å². The lowest BCUT2D eigenvalue weighted by atomic mass is 9.86. The molecule has 1 aromatic carbocycles. The van der Waals surface area contributed by atoms with Crippen molar-refractivity contribution in [2.75, 3.05) is 70.8 Å². The number of nitrogens with zero attached hydrogens (tertiary/aromatic N) is 2. The van der Waals surface area contributed by atoms with Crippen molar-refractivity contribution in [1.29, 1.82) is 0 Å². The average Bonchev–Trinajstić information content (AvgIpc) is 3.24. The molecule has 0 fully saturated rings. The van der Waals surface area contributed by atoms with Crippen LogP contribution >= 0.6 is 90.4 Å². The number of allylic oxidation sites excluding steroid dienone is 1. The number of nitrogens with one attached hydrogen (secondary N) is 4. The van der Waals surface area contributed by atoms with Gasteiger partial charge in [-0.25, -0.2) is 0 Å². The number of hydrogen-bond donors (Lipinski definition) is 14. The maximum atomic E-state index is 13.7. The molecular weight excluding hydrogens is 1280 g/mol. The SMILES string of the molecule is CC1=C(N(C=O)CC(O)C(O)CN(C=O)c2c(C)c(C(=O)NC(CO)CO)c(I)c(C(=O)NC(CO)CO)c2I)C(I)C(C(=O)NC(CO)CO)C(I)=C1C(=O)NC(CO)CO. The van der Waals surface area contributed by atoms with Crippen LogP contribution in [0.5, 0.6) is 0 Å². The van der Waals surface area contributed by atoms with E-state index in [1.807, 2.05) is 22.6 Å². The summed E-state index contributed by atoms with van der Waals surface area (Å²) in [5.41, 5.74) is -0.377. The second kappa shape index (κ2) is 26.9. The number of alkyl halides is 1. The summed E-state index contributed by atoms with van der Waals surface area (Å²) in [4.78, 5) is 82.0. The number of anilines is 1. The molecule has 14 N–H and O–H groups in total. The Morgan fingerprint density at radius 2 is 1.00 bits per heavy atom. The average molecular weight is 1330 g/mol. The number of carbonyl (C=O) groups excluding carboxylic acids is 6. The van der Waals surface area contributed by atoms with E-state index < -0.39 is 136 Å². The van der Waals surface area contributed by atoms with Gasteiger partial charge in [0.2, 0.25) is 18.7 Å². The van der Waals surface area contributed by atoms with Gasteiger partial charge in [0.05, 0.1) is 138 Å². The van der Waals surface area contributed by atoms with E-state index in [9.17, 15) is 79.8 Å². The molecule has 4 unspecified atom stereocenters. The zero-order valence-corrected chi connectivity index (χ0v) is 41.8. The highest BCUT2D eigenvalue weighted by atomic mass is 127. The third-order valence-corrected chi connectivity index (χ3v) is 14.2. The maximum Gasteiger partial charge on any atom is 0.253 e. The van der Waals surface area contributed by atoms with E-state index in [4.69, 9.17) is 0 Å². The minimum absolute atomic E-state index is 0.0152. The lowest BCUT2D eigenvalue weighted by Crippen LogP contribution is -2.50. The van der Waals surface area contributed by atoms with Crippen LogP contribution in [0.3, 0.4) is 0 Å². The molecule has 0 aromatic heterocycles. The van der Waals surface area contributed by atoms with Crippen LogP contribution < -0.4 is 26.2 Å². The van der Waals surface area contributed by atoms with E-state index in [1.54, 1.807) is 67.8 Å². The first-order valence-corrected chi connectivity index (χ1v) is 23.0. The monoisotopic (exact) mass is 1330 g/mol. The number of aliphatic hydroxyl groups excluding tert-OH is 10. The van der Waals surface area contributed by atoms with Crippen molar-refractivity contribution in [1.82, 2.24) is 26.2 Å². The number of halogens is 4. The van der Waals surface area contributed by atoms with E-state index in [0.717, 1.165) is 9.80 Å². The van der Waals surface area contributed by atoms with Crippen LogP contribution in [0.25, 0.3) is 0 Å². The fraction of sp³-hybridized carbons (Fsp3) is 0.556. The van der Waals surface area contributed by atoms with Crippen LogP contribution in [0.15, 0.2) is 20.4 Å². The van der Waals surface area contributed by atoms with Gasteiger partial charge >= 0.3 is 0 Å².